The lowest BCUT2D eigenvalue weighted by Gasteiger charge is -2.16. The van der Waals surface area contributed by atoms with Crippen LogP contribution in [0.25, 0.3) is 0 Å². The minimum absolute atomic E-state index is 0.0638. The first-order valence-corrected chi connectivity index (χ1v) is 9.65. The molecule has 25 heavy (non-hydrogen) atoms. The maximum atomic E-state index is 12.5. The zero-order valence-electron chi connectivity index (χ0n) is 14.0. The van der Waals surface area contributed by atoms with E-state index < -0.39 is 0 Å². The second kappa shape index (κ2) is 6.96. The molecule has 1 unspecified atom stereocenters. The number of anilines is 1. The van der Waals surface area contributed by atoms with Gasteiger partial charge in [0, 0.05) is 30.8 Å². The zero-order valence-corrected chi connectivity index (χ0v) is 14.8. The highest BCUT2D eigenvalue weighted by molar-refractivity contribution is 7.13. The maximum absolute atomic E-state index is 12.5. The molecule has 0 bridgehead atoms. The van der Waals surface area contributed by atoms with Crippen LogP contribution in [0.5, 0.6) is 0 Å². The predicted octanol–water partition coefficient (Wildman–Crippen LogP) is 3.05. The van der Waals surface area contributed by atoms with Gasteiger partial charge in [-0.3, -0.25) is 9.59 Å². The molecule has 1 saturated carbocycles. The van der Waals surface area contributed by atoms with E-state index in [1.54, 1.807) is 4.90 Å². The first kappa shape index (κ1) is 16.3. The van der Waals surface area contributed by atoms with Crippen LogP contribution in [0.2, 0.25) is 0 Å². The van der Waals surface area contributed by atoms with Gasteiger partial charge >= 0.3 is 0 Å². The minimum atomic E-state index is -0.281. The minimum Gasteiger partial charge on any atom is -0.342 e. The number of nitrogens with zero attached hydrogens (tertiary/aromatic N) is 2. The molecule has 2 aliphatic rings. The van der Waals surface area contributed by atoms with Crippen molar-refractivity contribution in [1.82, 2.24) is 9.88 Å². The summed E-state index contributed by atoms with van der Waals surface area (Å²) in [4.78, 5) is 30.9. The van der Waals surface area contributed by atoms with E-state index in [4.69, 9.17) is 0 Å². The predicted molar refractivity (Wildman–Crippen MR) is 97.6 cm³/mol. The van der Waals surface area contributed by atoms with Crippen molar-refractivity contribution in [3.8, 4) is 0 Å². The number of hydrogen-bond acceptors (Lipinski definition) is 4. The van der Waals surface area contributed by atoms with Crippen LogP contribution >= 0.6 is 11.3 Å². The van der Waals surface area contributed by atoms with Crippen LogP contribution in [0.3, 0.4) is 0 Å². The Labute approximate surface area is 151 Å². The fourth-order valence-corrected chi connectivity index (χ4v) is 3.99. The van der Waals surface area contributed by atoms with E-state index in [-0.39, 0.29) is 17.7 Å². The number of benzene rings is 1. The van der Waals surface area contributed by atoms with Gasteiger partial charge in [0.25, 0.3) is 0 Å². The molecule has 1 aliphatic heterocycles. The molecule has 1 saturated heterocycles. The Kier molecular flexibility index (Phi) is 4.53. The van der Waals surface area contributed by atoms with Crippen molar-refractivity contribution in [2.75, 3.05) is 18.4 Å². The lowest BCUT2D eigenvalue weighted by atomic mass is 10.1. The highest BCUT2D eigenvalue weighted by Crippen LogP contribution is 2.41. The molecule has 2 amide bonds. The van der Waals surface area contributed by atoms with E-state index in [1.807, 2.05) is 23.6 Å². The topological polar surface area (TPSA) is 62.3 Å². The highest BCUT2D eigenvalue weighted by Gasteiger charge is 2.34. The van der Waals surface area contributed by atoms with Gasteiger partial charge in [-0.05, 0) is 24.8 Å². The number of nitrogens with one attached hydrogen (secondary N) is 1. The summed E-state index contributed by atoms with van der Waals surface area (Å²) < 4.78 is 0. The van der Waals surface area contributed by atoms with Crippen molar-refractivity contribution < 1.29 is 9.59 Å². The number of carbonyl (C=O) groups is 2. The average molecular weight is 355 g/mol. The summed E-state index contributed by atoms with van der Waals surface area (Å²) in [7, 11) is 0. The van der Waals surface area contributed by atoms with Crippen molar-refractivity contribution in [2.45, 2.75) is 31.6 Å². The van der Waals surface area contributed by atoms with E-state index >= 15 is 0 Å². The van der Waals surface area contributed by atoms with E-state index in [1.165, 1.54) is 29.7 Å². The molecule has 2 aromatic rings. The van der Waals surface area contributed by atoms with Gasteiger partial charge in [-0.15, -0.1) is 11.3 Å². The van der Waals surface area contributed by atoms with Crippen molar-refractivity contribution in [3.05, 3.63) is 47.0 Å². The standard InChI is InChI=1S/C19H21N3O2S/c23-17-10-15(11-22(17)9-8-13-4-2-1-3-5-13)18(24)21-19-20-16(12-25-19)14-6-7-14/h1-5,12,14-15H,6-11H2,(H,20,21,24). The summed E-state index contributed by atoms with van der Waals surface area (Å²) in [6.45, 7) is 1.16. The normalized spacial score (nSPS) is 20.1. The molecule has 1 atom stereocenters. The summed E-state index contributed by atoms with van der Waals surface area (Å²) in [6.07, 6.45) is 3.51. The Balaban J connectivity index is 1.30. The highest BCUT2D eigenvalue weighted by atomic mass is 32.1. The molecule has 1 aromatic carbocycles. The fourth-order valence-electron chi connectivity index (χ4n) is 3.19. The molecule has 130 valence electrons. The van der Waals surface area contributed by atoms with Crippen LogP contribution in [0.4, 0.5) is 5.13 Å². The van der Waals surface area contributed by atoms with Crippen LogP contribution < -0.4 is 5.32 Å². The van der Waals surface area contributed by atoms with Gasteiger partial charge in [-0.2, -0.15) is 0 Å². The van der Waals surface area contributed by atoms with Crippen molar-refractivity contribution in [1.29, 1.82) is 0 Å². The Bertz CT molecular complexity index is 770. The summed E-state index contributed by atoms with van der Waals surface area (Å²) in [6, 6.07) is 10.1. The Morgan fingerprint density at radius 2 is 2.08 bits per heavy atom. The first-order chi connectivity index (χ1) is 12.2. The number of aromatic nitrogens is 1. The maximum Gasteiger partial charge on any atom is 0.231 e. The number of rotatable bonds is 6. The van der Waals surface area contributed by atoms with Crippen LogP contribution in [-0.4, -0.2) is 34.8 Å². The largest absolute Gasteiger partial charge is 0.342 e. The molecule has 1 N–H and O–H groups in total. The van der Waals surface area contributed by atoms with Gasteiger partial charge in [-0.25, -0.2) is 4.98 Å². The Morgan fingerprint density at radius 1 is 1.28 bits per heavy atom. The summed E-state index contributed by atoms with van der Waals surface area (Å²) in [5, 5.41) is 5.57. The van der Waals surface area contributed by atoms with Crippen LogP contribution in [0.15, 0.2) is 35.7 Å². The second-order valence-corrected chi connectivity index (χ2v) is 7.68. The van der Waals surface area contributed by atoms with Gasteiger partial charge in [0.2, 0.25) is 11.8 Å². The first-order valence-electron chi connectivity index (χ1n) is 8.77. The molecular formula is C19H21N3O2S. The lowest BCUT2D eigenvalue weighted by molar-refractivity contribution is -0.128. The SMILES string of the molecule is O=C(Nc1nc(C2CC2)cs1)C1CC(=O)N(CCc2ccccc2)C1. The van der Waals surface area contributed by atoms with E-state index in [0.717, 1.165) is 12.1 Å². The Hall–Kier alpha value is -2.21. The number of likely N-dealkylation sites (tertiary alicyclic amines) is 1. The molecule has 0 radical (unpaired) electrons. The molecule has 1 aliphatic carbocycles. The van der Waals surface area contributed by atoms with Crippen LogP contribution in [-0.2, 0) is 16.0 Å². The quantitative estimate of drug-likeness (QED) is 0.866. The van der Waals surface area contributed by atoms with Crippen LogP contribution in [0.1, 0.15) is 36.4 Å². The molecular weight excluding hydrogens is 334 g/mol. The molecule has 6 heteroatoms. The van der Waals surface area contributed by atoms with E-state index in [9.17, 15) is 9.59 Å². The third-order valence-corrected chi connectivity index (χ3v) is 5.62. The average Bonchev–Trinajstić information content (AvgIpc) is 3.26. The Morgan fingerprint density at radius 3 is 2.84 bits per heavy atom. The van der Waals surface area contributed by atoms with Gasteiger partial charge in [0.15, 0.2) is 5.13 Å². The molecule has 2 heterocycles. The van der Waals surface area contributed by atoms with Crippen molar-refractivity contribution in [3.63, 3.8) is 0 Å². The van der Waals surface area contributed by atoms with E-state index in [2.05, 4.69) is 22.4 Å². The van der Waals surface area contributed by atoms with E-state index in [0.29, 0.717) is 30.6 Å². The molecule has 1 aromatic heterocycles. The molecule has 5 nitrogen and oxygen atoms in total. The lowest BCUT2D eigenvalue weighted by Crippen LogP contribution is -2.30. The number of hydrogen-bond donors (Lipinski definition) is 1. The summed E-state index contributed by atoms with van der Waals surface area (Å²) in [5.74, 6) is 0.279. The monoisotopic (exact) mass is 355 g/mol. The molecule has 4 rings (SSSR count). The van der Waals surface area contributed by atoms with Crippen molar-refractivity contribution in [2.24, 2.45) is 5.92 Å². The van der Waals surface area contributed by atoms with Gasteiger partial charge < -0.3 is 10.2 Å². The number of amides is 2. The third-order valence-electron chi connectivity index (χ3n) is 4.85. The molecule has 2 fully saturated rings. The smallest absolute Gasteiger partial charge is 0.231 e. The van der Waals surface area contributed by atoms with Crippen molar-refractivity contribution >= 4 is 28.3 Å². The van der Waals surface area contributed by atoms with Gasteiger partial charge in [-0.1, -0.05) is 30.3 Å². The van der Waals surface area contributed by atoms with Gasteiger partial charge in [0.1, 0.15) is 0 Å². The third kappa shape index (κ3) is 3.90. The van der Waals surface area contributed by atoms with Gasteiger partial charge in [0.05, 0.1) is 11.6 Å². The second-order valence-electron chi connectivity index (χ2n) is 6.82. The number of carbonyl (C=O) groups excluding carboxylic acids is 2. The molecule has 0 spiro atoms. The number of thiazole rings is 1. The summed E-state index contributed by atoms with van der Waals surface area (Å²) in [5.41, 5.74) is 2.30. The van der Waals surface area contributed by atoms with Crippen LogP contribution in [0, 0.1) is 5.92 Å². The fraction of sp³-hybridized carbons (Fsp3) is 0.421. The zero-order chi connectivity index (χ0) is 17.2. The summed E-state index contributed by atoms with van der Waals surface area (Å²) >= 11 is 1.47.